The Morgan fingerprint density at radius 1 is 0.964 bits per heavy atom. The number of rotatable bonds is 8. The van der Waals surface area contributed by atoms with Gasteiger partial charge in [0, 0.05) is 25.7 Å². The zero-order valence-corrected chi connectivity index (χ0v) is 19.5. The molecule has 1 aromatic rings. The van der Waals surface area contributed by atoms with E-state index in [9.17, 15) is 4.79 Å². The van der Waals surface area contributed by atoms with E-state index in [0.717, 1.165) is 31.1 Å². The summed E-state index contributed by atoms with van der Waals surface area (Å²) < 4.78 is 0. The van der Waals surface area contributed by atoms with Crippen LogP contribution >= 0.6 is 0 Å². The summed E-state index contributed by atoms with van der Waals surface area (Å²) in [5.41, 5.74) is 2.33. The molecule has 0 radical (unpaired) electrons. The van der Waals surface area contributed by atoms with Crippen LogP contribution in [0.2, 0.25) is 0 Å². The van der Waals surface area contributed by atoms with Crippen LogP contribution in [0.4, 0.5) is 0 Å². The van der Waals surface area contributed by atoms with E-state index in [4.69, 9.17) is 0 Å². The first kappa shape index (κ1) is 26.6. The van der Waals surface area contributed by atoms with Crippen molar-refractivity contribution >= 4 is 5.91 Å². The van der Waals surface area contributed by atoms with Gasteiger partial charge < -0.3 is 15.5 Å². The molecule has 2 rings (SSSR count). The van der Waals surface area contributed by atoms with Crippen molar-refractivity contribution in [3.8, 4) is 0 Å². The van der Waals surface area contributed by atoms with E-state index in [-0.39, 0.29) is 5.91 Å². The van der Waals surface area contributed by atoms with E-state index in [1.165, 1.54) is 31.5 Å². The van der Waals surface area contributed by atoms with E-state index in [0.29, 0.717) is 12.5 Å². The monoisotopic (exact) mass is 391 g/mol. The van der Waals surface area contributed by atoms with Gasteiger partial charge in [0.25, 0.3) is 0 Å². The molecule has 1 amide bonds. The highest BCUT2D eigenvalue weighted by molar-refractivity contribution is 5.78. The van der Waals surface area contributed by atoms with Crippen LogP contribution in [-0.2, 0) is 17.8 Å². The number of likely N-dealkylation sites (tertiary alicyclic amines) is 1. The first-order valence-electron chi connectivity index (χ1n) is 11.2. The Morgan fingerprint density at radius 3 is 1.96 bits per heavy atom. The van der Waals surface area contributed by atoms with Crippen molar-refractivity contribution in [3.05, 3.63) is 35.4 Å². The number of hydrogen-bond donors (Lipinski definition) is 2. The molecule has 1 aromatic carbocycles. The Bertz CT molecular complexity index is 488. The molecule has 28 heavy (non-hydrogen) atoms. The van der Waals surface area contributed by atoms with Crippen molar-refractivity contribution in [2.24, 2.45) is 5.92 Å². The molecule has 1 saturated heterocycles. The van der Waals surface area contributed by atoms with Crippen molar-refractivity contribution in [1.29, 1.82) is 0 Å². The molecule has 0 spiro atoms. The molecule has 4 heteroatoms. The molecule has 0 saturated carbocycles. The minimum atomic E-state index is 0.118. The Balaban J connectivity index is 0.00000108. The number of amides is 1. The van der Waals surface area contributed by atoms with Crippen molar-refractivity contribution in [2.45, 2.75) is 80.3 Å². The van der Waals surface area contributed by atoms with Crippen LogP contribution in [0, 0.1) is 5.92 Å². The predicted octanol–water partition coefficient (Wildman–Crippen LogP) is 4.63. The summed E-state index contributed by atoms with van der Waals surface area (Å²) in [6, 6.07) is 8.79. The molecular weight excluding hydrogens is 346 g/mol. The van der Waals surface area contributed by atoms with Crippen molar-refractivity contribution in [3.63, 3.8) is 0 Å². The first-order chi connectivity index (χ1) is 13.4. The standard InChI is InChI=1S/C18H29N3O.C4H10.C2H6/c1-15(2)20-14-17-7-5-16(6-8-17)13-18(22)19-9-12-21-10-3-4-11-21;1-4(2)3;1-2/h5-8,15,20H,3-4,9-14H2,1-2H3,(H,19,22);4H,1-3H3;1-2H3. The van der Waals surface area contributed by atoms with Gasteiger partial charge in [-0.25, -0.2) is 0 Å². The summed E-state index contributed by atoms with van der Waals surface area (Å²) in [5.74, 6) is 0.951. The lowest BCUT2D eigenvalue weighted by Gasteiger charge is -2.14. The minimum absolute atomic E-state index is 0.118. The SMILES string of the molecule is CC.CC(C)C.CC(C)NCc1ccc(CC(=O)NCCN2CCCC2)cc1. The minimum Gasteiger partial charge on any atom is -0.355 e. The molecule has 0 unspecified atom stereocenters. The highest BCUT2D eigenvalue weighted by Crippen LogP contribution is 2.07. The van der Waals surface area contributed by atoms with Gasteiger partial charge in [-0.15, -0.1) is 0 Å². The normalized spacial score (nSPS) is 13.6. The zero-order chi connectivity index (χ0) is 21.4. The predicted molar refractivity (Wildman–Crippen MR) is 123 cm³/mol. The third kappa shape index (κ3) is 14.6. The number of benzene rings is 1. The van der Waals surface area contributed by atoms with E-state index < -0.39 is 0 Å². The van der Waals surface area contributed by atoms with Gasteiger partial charge in [0.2, 0.25) is 5.91 Å². The number of hydrogen-bond acceptors (Lipinski definition) is 3. The number of carbonyl (C=O) groups excluding carboxylic acids is 1. The van der Waals surface area contributed by atoms with Gasteiger partial charge in [0.15, 0.2) is 0 Å². The van der Waals surface area contributed by atoms with Gasteiger partial charge in [0.05, 0.1) is 6.42 Å². The van der Waals surface area contributed by atoms with Gasteiger partial charge in [0.1, 0.15) is 0 Å². The molecule has 4 nitrogen and oxygen atoms in total. The van der Waals surface area contributed by atoms with Gasteiger partial charge in [-0.1, -0.05) is 72.7 Å². The van der Waals surface area contributed by atoms with Crippen LogP contribution in [0.15, 0.2) is 24.3 Å². The largest absolute Gasteiger partial charge is 0.355 e. The summed E-state index contributed by atoms with van der Waals surface area (Å²) in [6.07, 6.45) is 3.07. The summed E-state index contributed by atoms with van der Waals surface area (Å²) >= 11 is 0. The van der Waals surface area contributed by atoms with E-state index >= 15 is 0 Å². The van der Waals surface area contributed by atoms with E-state index in [1.807, 2.05) is 13.8 Å². The number of carbonyl (C=O) groups is 1. The average molecular weight is 392 g/mol. The van der Waals surface area contributed by atoms with Crippen LogP contribution in [0.1, 0.15) is 72.4 Å². The molecule has 0 bridgehead atoms. The molecule has 162 valence electrons. The molecule has 0 atom stereocenters. The van der Waals surface area contributed by atoms with Crippen LogP contribution in [0.3, 0.4) is 0 Å². The molecule has 1 fully saturated rings. The Labute approximate surface area is 174 Å². The molecule has 2 N–H and O–H groups in total. The lowest BCUT2D eigenvalue weighted by molar-refractivity contribution is -0.120. The fourth-order valence-electron chi connectivity index (χ4n) is 2.70. The van der Waals surface area contributed by atoms with Crippen molar-refractivity contribution in [2.75, 3.05) is 26.2 Å². The summed E-state index contributed by atoms with van der Waals surface area (Å²) in [4.78, 5) is 14.4. The Hall–Kier alpha value is -1.39. The second-order valence-electron chi connectivity index (χ2n) is 8.16. The Morgan fingerprint density at radius 2 is 1.46 bits per heavy atom. The van der Waals surface area contributed by atoms with Gasteiger partial charge >= 0.3 is 0 Å². The highest BCUT2D eigenvalue weighted by atomic mass is 16.1. The third-order valence-corrected chi connectivity index (χ3v) is 4.05. The maximum absolute atomic E-state index is 11.9. The number of nitrogens with one attached hydrogen (secondary N) is 2. The van der Waals surface area contributed by atoms with E-state index in [2.05, 4.69) is 74.4 Å². The van der Waals surface area contributed by atoms with E-state index in [1.54, 1.807) is 0 Å². The Kier molecular flexibility index (Phi) is 15.7. The lowest BCUT2D eigenvalue weighted by atomic mass is 10.1. The fraction of sp³-hybridized carbons (Fsp3) is 0.708. The van der Waals surface area contributed by atoms with Crippen LogP contribution < -0.4 is 10.6 Å². The average Bonchev–Trinajstić information content (AvgIpc) is 3.16. The second-order valence-corrected chi connectivity index (χ2v) is 8.16. The summed E-state index contributed by atoms with van der Waals surface area (Å²) in [5, 5.41) is 6.41. The summed E-state index contributed by atoms with van der Waals surface area (Å²) in [7, 11) is 0. The smallest absolute Gasteiger partial charge is 0.224 e. The molecule has 0 aliphatic carbocycles. The van der Waals surface area contributed by atoms with Crippen LogP contribution in [-0.4, -0.2) is 43.0 Å². The maximum atomic E-state index is 11.9. The summed E-state index contributed by atoms with van der Waals surface area (Å²) in [6.45, 7) is 19.8. The van der Waals surface area contributed by atoms with Gasteiger partial charge in [-0.3, -0.25) is 4.79 Å². The third-order valence-electron chi connectivity index (χ3n) is 4.05. The molecular formula is C24H45N3O. The molecule has 0 aromatic heterocycles. The van der Waals surface area contributed by atoms with Crippen molar-refractivity contribution in [1.82, 2.24) is 15.5 Å². The van der Waals surface area contributed by atoms with Crippen LogP contribution in [0.25, 0.3) is 0 Å². The lowest BCUT2D eigenvalue weighted by Crippen LogP contribution is -2.34. The number of nitrogens with zero attached hydrogens (tertiary/aromatic N) is 1. The fourth-order valence-corrected chi connectivity index (χ4v) is 2.70. The zero-order valence-electron chi connectivity index (χ0n) is 19.5. The van der Waals surface area contributed by atoms with Gasteiger partial charge in [-0.2, -0.15) is 0 Å². The topological polar surface area (TPSA) is 44.4 Å². The first-order valence-corrected chi connectivity index (χ1v) is 11.2. The molecule has 1 heterocycles. The van der Waals surface area contributed by atoms with Gasteiger partial charge in [-0.05, 0) is 43.0 Å². The van der Waals surface area contributed by atoms with Crippen LogP contribution in [0.5, 0.6) is 0 Å². The quantitative estimate of drug-likeness (QED) is 0.679. The van der Waals surface area contributed by atoms with Crippen molar-refractivity contribution < 1.29 is 4.79 Å². The second kappa shape index (κ2) is 16.6. The molecule has 1 aliphatic heterocycles. The maximum Gasteiger partial charge on any atom is 0.224 e. The molecule has 1 aliphatic rings. The highest BCUT2D eigenvalue weighted by Gasteiger charge is 2.11.